The van der Waals surface area contributed by atoms with Gasteiger partial charge in [-0.25, -0.2) is 9.48 Å². The summed E-state index contributed by atoms with van der Waals surface area (Å²) in [6.07, 6.45) is 1.92. The first-order chi connectivity index (χ1) is 11.5. The van der Waals surface area contributed by atoms with Crippen LogP contribution in [0.25, 0.3) is 5.65 Å². The second kappa shape index (κ2) is 6.60. The van der Waals surface area contributed by atoms with Gasteiger partial charge < -0.3 is 4.90 Å². The molecule has 0 saturated carbocycles. The Bertz CT molecular complexity index is 924. The quantitative estimate of drug-likeness (QED) is 0.714. The summed E-state index contributed by atoms with van der Waals surface area (Å²) in [5.74, 6) is -0.00231. The van der Waals surface area contributed by atoms with Crippen molar-refractivity contribution in [2.75, 3.05) is 7.05 Å². The van der Waals surface area contributed by atoms with E-state index < -0.39 is 0 Å². The lowest BCUT2D eigenvalue weighted by atomic mass is 10.2. The highest BCUT2D eigenvalue weighted by Crippen LogP contribution is 2.26. The maximum absolute atomic E-state index is 12.4. The third-order valence-electron chi connectivity index (χ3n) is 4.17. The zero-order chi connectivity index (χ0) is 17.3. The van der Waals surface area contributed by atoms with E-state index in [1.165, 1.54) is 14.0 Å². The molecule has 0 aliphatic rings. The van der Waals surface area contributed by atoms with Gasteiger partial charge in [-0.1, -0.05) is 6.07 Å². The Kier molecular flexibility index (Phi) is 4.53. The van der Waals surface area contributed by atoms with Crippen LogP contribution in [0.5, 0.6) is 0 Å². The van der Waals surface area contributed by atoms with Gasteiger partial charge in [0.05, 0.1) is 12.6 Å². The lowest BCUT2D eigenvalue weighted by Crippen LogP contribution is -2.31. The van der Waals surface area contributed by atoms with E-state index in [1.54, 1.807) is 41.6 Å². The first-order valence-corrected chi connectivity index (χ1v) is 8.65. The molecule has 0 bridgehead atoms. The van der Waals surface area contributed by atoms with E-state index in [9.17, 15) is 9.59 Å². The van der Waals surface area contributed by atoms with Crippen LogP contribution in [0.1, 0.15) is 29.1 Å². The summed E-state index contributed by atoms with van der Waals surface area (Å²) >= 11 is 1.70. The van der Waals surface area contributed by atoms with Crippen LogP contribution in [-0.4, -0.2) is 32.0 Å². The van der Waals surface area contributed by atoms with Gasteiger partial charge >= 0.3 is 5.69 Å². The molecule has 6 nitrogen and oxygen atoms in total. The standard InChI is InChI=1S/C17H20N4O2S/c1-12-7-8-14(24-12)13(2)19(3)16(22)9-11-21-17(23)20-10-5-4-6-15(20)18-21/h4-8,10,13H,9,11H2,1-3H3. The van der Waals surface area contributed by atoms with Gasteiger partial charge in [0.15, 0.2) is 5.65 Å². The molecular weight excluding hydrogens is 324 g/mol. The Balaban J connectivity index is 1.68. The van der Waals surface area contributed by atoms with E-state index in [4.69, 9.17) is 0 Å². The fourth-order valence-electron chi connectivity index (χ4n) is 2.58. The highest BCUT2D eigenvalue weighted by molar-refractivity contribution is 7.12. The summed E-state index contributed by atoms with van der Waals surface area (Å²) in [4.78, 5) is 28.8. The first-order valence-electron chi connectivity index (χ1n) is 7.83. The Morgan fingerprint density at radius 2 is 2.12 bits per heavy atom. The molecule has 0 fully saturated rings. The number of fused-ring (bicyclic) bond motifs is 1. The number of nitrogens with zero attached hydrogens (tertiary/aromatic N) is 4. The van der Waals surface area contributed by atoms with E-state index in [2.05, 4.69) is 24.2 Å². The molecule has 3 heterocycles. The predicted molar refractivity (Wildman–Crippen MR) is 94.3 cm³/mol. The van der Waals surface area contributed by atoms with Crippen molar-refractivity contribution in [1.29, 1.82) is 0 Å². The maximum atomic E-state index is 12.4. The van der Waals surface area contributed by atoms with Crippen LogP contribution in [0.3, 0.4) is 0 Å². The van der Waals surface area contributed by atoms with Crippen LogP contribution >= 0.6 is 11.3 Å². The van der Waals surface area contributed by atoms with Crippen molar-refractivity contribution in [3.63, 3.8) is 0 Å². The predicted octanol–water partition coefficient (Wildman–Crippen LogP) is 2.48. The number of amides is 1. The third kappa shape index (κ3) is 3.12. The lowest BCUT2D eigenvalue weighted by Gasteiger charge is -2.24. The average Bonchev–Trinajstić information content (AvgIpc) is 3.15. The molecule has 3 aromatic heterocycles. The maximum Gasteiger partial charge on any atom is 0.350 e. The normalized spacial score (nSPS) is 12.5. The molecule has 3 aromatic rings. The Morgan fingerprint density at radius 1 is 1.33 bits per heavy atom. The second-order valence-corrected chi connectivity index (χ2v) is 7.13. The van der Waals surface area contributed by atoms with Crippen molar-refractivity contribution in [3.05, 3.63) is 56.8 Å². The number of aromatic nitrogens is 3. The first kappa shape index (κ1) is 16.4. The number of aryl methyl sites for hydroxylation is 2. The van der Waals surface area contributed by atoms with Gasteiger partial charge in [0.1, 0.15) is 0 Å². The Morgan fingerprint density at radius 3 is 2.79 bits per heavy atom. The number of carbonyl (C=O) groups is 1. The van der Waals surface area contributed by atoms with Gasteiger partial charge in [-0.3, -0.25) is 9.20 Å². The third-order valence-corrected chi connectivity index (χ3v) is 5.34. The van der Waals surface area contributed by atoms with Crippen LogP contribution in [0, 0.1) is 6.92 Å². The van der Waals surface area contributed by atoms with Crippen molar-refractivity contribution in [1.82, 2.24) is 19.1 Å². The van der Waals surface area contributed by atoms with Gasteiger partial charge in [-0.15, -0.1) is 16.4 Å². The Labute approximate surface area is 144 Å². The van der Waals surface area contributed by atoms with Gasteiger partial charge in [0.2, 0.25) is 5.91 Å². The number of hydrogen-bond donors (Lipinski definition) is 0. The van der Waals surface area contributed by atoms with Crippen LogP contribution < -0.4 is 5.69 Å². The molecule has 126 valence electrons. The van der Waals surface area contributed by atoms with E-state index in [-0.39, 0.29) is 30.6 Å². The average molecular weight is 344 g/mol. The fourth-order valence-corrected chi connectivity index (χ4v) is 3.55. The van der Waals surface area contributed by atoms with Gasteiger partial charge in [-0.2, -0.15) is 0 Å². The minimum atomic E-state index is -0.219. The number of thiophene rings is 1. The molecule has 0 aliphatic carbocycles. The Hall–Kier alpha value is -2.41. The van der Waals surface area contributed by atoms with Crippen LogP contribution in [0.4, 0.5) is 0 Å². The lowest BCUT2D eigenvalue weighted by molar-refractivity contribution is -0.132. The smallest absolute Gasteiger partial charge is 0.338 e. The van der Waals surface area contributed by atoms with Crippen LogP contribution in [0.2, 0.25) is 0 Å². The summed E-state index contributed by atoms with van der Waals surface area (Å²) in [5, 5.41) is 4.25. The molecule has 0 aliphatic heterocycles. The highest BCUT2D eigenvalue weighted by atomic mass is 32.1. The minimum Gasteiger partial charge on any atom is -0.338 e. The van der Waals surface area contributed by atoms with Crippen molar-refractivity contribution in [3.8, 4) is 0 Å². The van der Waals surface area contributed by atoms with Crippen molar-refractivity contribution in [2.45, 2.75) is 32.9 Å². The molecule has 1 atom stereocenters. The zero-order valence-electron chi connectivity index (χ0n) is 14.0. The van der Waals surface area contributed by atoms with E-state index >= 15 is 0 Å². The number of pyridine rings is 1. The SMILES string of the molecule is Cc1ccc(C(C)N(C)C(=O)CCn2nc3ccccn3c2=O)s1. The molecule has 0 saturated heterocycles. The number of hydrogen-bond acceptors (Lipinski definition) is 4. The van der Waals surface area contributed by atoms with Crippen molar-refractivity contribution < 1.29 is 4.79 Å². The molecule has 3 rings (SSSR count). The summed E-state index contributed by atoms with van der Waals surface area (Å²) in [6.45, 7) is 4.35. The zero-order valence-corrected chi connectivity index (χ0v) is 14.8. The van der Waals surface area contributed by atoms with Crippen molar-refractivity contribution >= 4 is 22.9 Å². The summed E-state index contributed by atoms with van der Waals surface area (Å²) in [5.41, 5.74) is 0.369. The van der Waals surface area contributed by atoms with E-state index in [1.807, 2.05) is 13.0 Å². The van der Waals surface area contributed by atoms with E-state index in [0.29, 0.717) is 5.65 Å². The molecule has 0 N–H and O–H groups in total. The summed E-state index contributed by atoms with van der Waals surface area (Å²) < 4.78 is 2.83. The largest absolute Gasteiger partial charge is 0.350 e. The minimum absolute atomic E-state index is 0.00231. The molecule has 0 aromatic carbocycles. The number of carbonyl (C=O) groups excluding carboxylic acids is 1. The van der Waals surface area contributed by atoms with Crippen LogP contribution in [-0.2, 0) is 11.3 Å². The monoisotopic (exact) mass is 344 g/mol. The van der Waals surface area contributed by atoms with Gasteiger partial charge in [0.25, 0.3) is 0 Å². The van der Waals surface area contributed by atoms with Crippen molar-refractivity contribution in [2.24, 2.45) is 0 Å². The molecule has 0 radical (unpaired) electrons. The molecule has 7 heteroatoms. The number of rotatable bonds is 5. The second-order valence-electron chi connectivity index (χ2n) is 5.81. The summed E-state index contributed by atoms with van der Waals surface area (Å²) in [6, 6.07) is 9.52. The fraction of sp³-hybridized carbons (Fsp3) is 0.353. The molecule has 24 heavy (non-hydrogen) atoms. The molecular formula is C17H20N4O2S. The van der Waals surface area contributed by atoms with Gasteiger partial charge in [-0.05, 0) is 38.1 Å². The molecule has 1 amide bonds. The van der Waals surface area contributed by atoms with E-state index in [0.717, 1.165) is 4.88 Å². The van der Waals surface area contributed by atoms with Crippen LogP contribution in [0.15, 0.2) is 41.3 Å². The molecule has 1 unspecified atom stereocenters. The topological polar surface area (TPSA) is 59.6 Å². The molecule has 0 spiro atoms. The summed E-state index contributed by atoms with van der Waals surface area (Å²) in [7, 11) is 1.80. The van der Waals surface area contributed by atoms with Gasteiger partial charge in [0, 0.05) is 29.4 Å². The highest BCUT2D eigenvalue weighted by Gasteiger charge is 2.19.